The standard InChI is InChI=1S/C29H25N3O/c30-25-11-3-21(4-12-25)1-2-24-19-28(17-9-22-5-13-26(31)14-6-22)33-29(20-24)18-10-23-7-15-27(32)16-8-23/h1-20,31H,30,32H2/b2-1+,18-10+,22-9?,28-17-,31-26?. The van der Waals surface area contributed by atoms with Crippen molar-refractivity contribution in [3.63, 3.8) is 0 Å². The number of hydrogen-bond donors (Lipinski definition) is 3. The van der Waals surface area contributed by atoms with Gasteiger partial charge in [0.1, 0.15) is 11.5 Å². The van der Waals surface area contributed by atoms with Crippen LogP contribution in [0.5, 0.6) is 0 Å². The van der Waals surface area contributed by atoms with Crippen molar-refractivity contribution in [2.24, 2.45) is 0 Å². The van der Waals surface area contributed by atoms with Gasteiger partial charge in [-0.25, -0.2) is 0 Å². The van der Waals surface area contributed by atoms with E-state index in [9.17, 15) is 0 Å². The maximum Gasteiger partial charge on any atom is 0.128 e. The van der Waals surface area contributed by atoms with Crippen molar-refractivity contribution in [3.8, 4) is 0 Å². The molecule has 1 aliphatic heterocycles. The highest BCUT2D eigenvalue weighted by Crippen LogP contribution is 2.23. The highest BCUT2D eigenvalue weighted by molar-refractivity contribution is 6.03. The van der Waals surface area contributed by atoms with E-state index >= 15 is 0 Å². The fraction of sp³-hybridized carbons (Fsp3) is 0. The lowest BCUT2D eigenvalue weighted by Gasteiger charge is -2.14. The summed E-state index contributed by atoms with van der Waals surface area (Å²) in [7, 11) is 0. The average Bonchev–Trinajstić information content (AvgIpc) is 2.83. The van der Waals surface area contributed by atoms with Gasteiger partial charge in [0.15, 0.2) is 0 Å². The van der Waals surface area contributed by atoms with Gasteiger partial charge in [-0.3, -0.25) is 0 Å². The van der Waals surface area contributed by atoms with Gasteiger partial charge in [-0.15, -0.1) is 0 Å². The minimum Gasteiger partial charge on any atom is -0.457 e. The zero-order valence-electron chi connectivity index (χ0n) is 18.1. The molecular weight excluding hydrogens is 406 g/mol. The average molecular weight is 432 g/mol. The Bertz CT molecular complexity index is 1260. The van der Waals surface area contributed by atoms with E-state index in [0.29, 0.717) is 5.71 Å². The van der Waals surface area contributed by atoms with Crippen LogP contribution < -0.4 is 11.5 Å². The molecule has 0 unspecified atom stereocenters. The maximum absolute atomic E-state index is 7.63. The molecule has 4 rings (SSSR count). The quantitative estimate of drug-likeness (QED) is 0.481. The molecule has 0 fully saturated rings. The molecule has 4 heteroatoms. The third kappa shape index (κ3) is 6.45. The molecule has 0 atom stereocenters. The largest absolute Gasteiger partial charge is 0.457 e. The summed E-state index contributed by atoms with van der Waals surface area (Å²) in [6.45, 7) is 0. The van der Waals surface area contributed by atoms with Crippen LogP contribution in [0.2, 0.25) is 0 Å². The molecule has 0 saturated heterocycles. The van der Waals surface area contributed by atoms with E-state index in [-0.39, 0.29) is 0 Å². The lowest BCUT2D eigenvalue weighted by molar-refractivity contribution is 0.332. The zero-order chi connectivity index (χ0) is 23.0. The van der Waals surface area contributed by atoms with Crippen LogP contribution in [0, 0.1) is 5.41 Å². The smallest absolute Gasteiger partial charge is 0.128 e. The van der Waals surface area contributed by atoms with E-state index in [1.54, 1.807) is 12.2 Å². The number of hydrogen-bond acceptors (Lipinski definition) is 4. The summed E-state index contributed by atoms with van der Waals surface area (Å²) >= 11 is 0. The SMILES string of the molecule is N=C1C=CC(=C/C=C2C=C(/C=C/c3ccc(N)cc3)C=C(/C=C/c3ccc(N)cc3)O/2)C=C1. The van der Waals surface area contributed by atoms with Gasteiger partial charge >= 0.3 is 0 Å². The Morgan fingerprint density at radius 1 is 0.636 bits per heavy atom. The van der Waals surface area contributed by atoms with Gasteiger partial charge in [-0.2, -0.15) is 0 Å². The molecule has 0 bridgehead atoms. The number of nitrogens with two attached hydrogens (primary N) is 2. The normalized spacial score (nSPS) is 16.9. The Hall–Kier alpha value is -4.57. The first-order valence-corrected chi connectivity index (χ1v) is 10.6. The zero-order valence-corrected chi connectivity index (χ0v) is 18.1. The predicted molar refractivity (Wildman–Crippen MR) is 139 cm³/mol. The Morgan fingerprint density at radius 3 is 1.82 bits per heavy atom. The van der Waals surface area contributed by atoms with Gasteiger partial charge in [-0.05, 0) is 83.0 Å². The Labute approximate surface area is 194 Å². The maximum atomic E-state index is 7.63. The summed E-state index contributed by atoms with van der Waals surface area (Å²) in [5, 5.41) is 7.63. The summed E-state index contributed by atoms with van der Waals surface area (Å²) in [6, 6.07) is 15.4. The van der Waals surface area contributed by atoms with E-state index < -0.39 is 0 Å². The van der Waals surface area contributed by atoms with Gasteiger partial charge in [0.25, 0.3) is 0 Å². The molecular formula is C29H25N3O. The second-order valence-electron chi connectivity index (χ2n) is 7.65. The minimum atomic E-state index is 0.488. The fourth-order valence-corrected chi connectivity index (χ4v) is 3.18. The van der Waals surface area contributed by atoms with Gasteiger partial charge in [-0.1, -0.05) is 60.7 Å². The van der Waals surface area contributed by atoms with E-state index in [0.717, 1.165) is 45.2 Å². The molecule has 0 radical (unpaired) electrons. The van der Waals surface area contributed by atoms with E-state index in [1.165, 1.54) is 0 Å². The van der Waals surface area contributed by atoms with Crippen LogP contribution in [0.3, 0.4) is 0 Å². The van der Waals surface area contributed by atoms with E-state index in [4.69, 9.17) is 21.6 Å². The molecule has 5 N–H and O–H groups in total. The third-order valence-electron chi connectivity index (χ3n) is 4.99. The van der Waals surface area contributed by atoms with Crippen LogP contribution in [-0.4, -0.2) is 5.71 Å². The molecule has 2 aromatic carbocycles. The summed E-state index contributed by atoms with van der Waals surface area (Å²) < 4.78 is 6.09. The van der Waals surface area contributed by atoms with Crippen molar-refractivity contribution in [1.29, 1.82) is 5.41 Å². The highest BCUT2D eigenvalue weighted by atomic mass is 16.5. The molecule has 1 heterocycles. The van der Waals surface area contributed by atoms with Crippen LogP contribution in [0.25, 0.3) is 12.2 Å². The molecule has 4 nitrogen and oxygen atoms in total. The van der Waals surface area contributed by atoms with Gasteiger partial charge in [0.05, 0.1) is 5.71 Å². The lowest BCUT2D eigenvalue weighted by atomic mass is 10.1. The lowest BCUT2D eigenvalue weighted by Crippen LogP contribution is -1.97. The first kappa shape index (κ1) is 21.7. The van der Waals surface area contributed by atoms with Gasteiger partial charge in [0.2, 0.25) is 0 Å². The molecule has 162 valence electrons. The molecule has 0 saturated carbocycles. The number of nitrogens with one attached hydrogen (secondary N) is 1. The Kier molecular flexibility index (Phi) is 6.67. The van der Waals surface area contributed by atoms with Crippen molar-refractivity contribution < 1.29 is 4.74 Å². The Morgan fingerprint density at radius 2 is 1.21 bits per heavy atom. The summed E-state index contributed by atoms with van der Waals surface area (Å²) in [4.78, 5) is 0. The first-order chi connectivity index (χ1) is 16.0. The van der Waals surface area contributed by atoms with Crippen LogP contribution in [0.15, 0.2) is 132 Å². The molecule has 0 amide bonds. The van der Waals surface area contributed by atoms with E-state index in [2.05, 4.69) is 0 Å². The van der Waals surface area contributed by atoms with Crippen molar-refractivity contribution in [1.82, 2.24) is 0 Å². The van der Waals surface area contributed by atoms with Crippen LogP contribution in [0.1, 0.15) is 11.1 Å². The first-order valence-electron chi connectivity index (χ1n) is 10.6. The number of benzene rings is 2. The molecule has 2 aromatic rings. The van der Waals surface area contributed by atoms with E-state index in [1.807, 2.05) is 109 Å². The monoisotopic (exact) mass is 431 g/mol. The number of anilines is 2. The van der Waals surface area contributed by atoms with Crippen LogP contribution >= 0.6 is 0 Å². The summed E-state index contributed by atoms with van der Waals surface area (Å²) in [6.07, 6.45) is 23.3. The second kappa shape index (κ2) is 10.2. The number of allylic oxidation sites excluding steroid dienone is 12. The third-order valence-corrected chi connectivity index (χ3v) is 4.99. The Balaban J connectivity index is 1.60. The molecule has 33 heavy (non-hydrogen) atoms. The highest BCUT2D eigenvalue weighted by Gasteiger charge is 2.07. The summed E-state index contributed by atoms with van der Waals surface area (Å²) in [5.41, 5.74) is 17.6. The second-order valence-corrected chi connectivity index (χ2v) is 7.65. The van der Waals surface area contributed by atoms with Gasteiger partial charge < -0.3 is 21.6 Å². The van der Waals surface area contributed by atoms with Crippen molar-refractivity contribution >= 4 is 29.2 Å². The van der Waals surface area contributed by atoms with Crippen molar-refractivity contribution in [2.75, 3.05) is 11.5 Å². The molecule has 0 spiro atoms. The van der Waals surface area contributed by atoms with Crippen molar-refractivity contribution in [2.45, 2.75) is 0 Å². The number of nitrogen functional groups attached to an aromatic ring is 2. The molecule has 1 aliphatic carbocycles. The number of ether oxygens (including phenoxy) is 1. The topological polar surface area (TPSA) is 85.1 Å². The van der Waals surface area contributed by atoms with Gasteiger partial charge in [0, 0.05) is 11.4 Å². The molecule has 2 aliphatic rings. The fourth-order valence-electron chi connectivity index (χ4n) is 3.18. The predicted octanol–water partition coefficient (Wildman–Crippen LogP) is 6.37. The van der Waals surface area contributed by atoms with Crippen molar-refractivity contribution in [3.05, 3.63) is 143 Å². The molecule has 0 aromatic heterocycles. The van der Waals surface area contributed by atoms with Crippen LogP contribution in [0.4, 0.5) is 11.4 Å². The summed E-state index contributed by atoms with van der Waals surface area (Å²) in [5.74, 6) is 1.45. The van der Waals surface area contributed by atoms with Crippen LogP contribution in [-0.2, 0) is 4.74 Å². The number of rotatable bonds is 5. The minimum absolute atomic E-state index is 0.488.